The van der Waals surface area contributed by atoms with E-state index >= 15 is 0 Å². The minimum absolute atomic E-state index is 0.0302. The Labute approximate surface area is 115 Å². The topological polar surface area (TPSA) is 63.4 Å². The predicted molar refractivity (Wildman–Crippen MR) is 77.2 cm³/mol. The van der Waals surface area contributed by atoms with Crippen molar-refractivity contribution in [3.63, 3.8) is 0 Å². The van der Waals surface area contributed by atoms with Gasteiger partial charge in [0.25, 0.3) is 0 Å². The lowest BCUT2D eigenvalue weighted by Crippen LogP contribution is -2.48. The maximum absolute atomic E-state index is 12.7. The highest BCUT2D eigenvalue weighted by molar-refractivity contribution is 7.89. The first-order valence-electron chi connectivity index (χ1n) is 6.69. The van der Waals surface area contributed by atoms with Crippen molar-refractivity contribution in [1.29, 1.82) is 0 Å². The second kappa shape index (κ2) is 5.13. The number of anilines is 1. The third kappa shape index (κ3) is 2.77. The van der Waals surface area contributed by atoms with Gasteiger partial charge in [0.2, 0.25) is 10.0 Å². The lowest BCUT2D eigenvalue weighted by atomic mass is 9.88. The summed E-state index contributed by atoms with van der Waals surface area (Å²) in [5.41, 5.74) is 6.17. The second-order valence-electron chi connectivity index (χ2n) is 5.71. The molecule has 3 atom stereocenters. The molecule has 1 fully saturated rings. The number of nitrogen functional groups attached to an aromatic ring is 1. The highest BCUT2D eigenvalue weighted by Crippen LogP contribution is 2.31. The summed E-state index contributed by atoms with van der Waals surface area (Å²) >= 11 is 0. The molecule has 0 spiro atoms. The summed E-state index contributed by atoms with van der Waals surface area (Å²) in [5.74, 6) is 0.765. The number of nitrogens with two attached hydrogens (primary N) is 1. The molecule has 0 bridgehead atoms. The van der Waals surface area contributed by atoms with E-state index in [0.717, 1.165) is 6.42 Å². The number of rotatable bonds is 2. The Morgan fingerprint density at radius 3 is 2.58 bits per heavy atom. The van der Waals surface area contributed by atoms with Gasteiger partial charge in [0.1, 0.15) is 0 Å². The van der Waals surface area contributed by atoms with Crippen molar-refractivity contribution in [2.24, 2.45) is 11.8 Å². The number of nitrogens with zero attached hydrogens (tertiary/aromatic N) is 1. The Morgan fingerprint density at radius 2 is 1.95 bits per heavy atom. The Bertz CT molecular complexity index is 556. The molecule has 5 heteroatoms. The van der Waals surface area contributed by atoms with Crippen LogP contribution >= 0.6 is 0 Å². The molecule has 19 heavy (non-hydrogen) atoms. The molecule has 1 saturated heterocycles. The normalized spacial score (nSPS) is 29.3. The minimum atomic E-state index is -3.45. The maximum Gasteiger partial charge on any atom is 0.243 e. The molecule has 0 aliphatic carbocycles. The summed E-state index contributed by atoms with van der Waals surface area (Å²) in [4.78, 5) is 0.292. The van der Waals surface area contributed by atoms with E-state index in [1.165, 1.54) is 6.07 Å². The van der Waals surface area contributed by atoms with E-state index in [4.69, 9.17) is 5.73 Å². The van der Waals surface area contributed by atoms with Crippen LogP contribution in [0.15, 0.2) is 29.2 Å². The van der Waals surface area contributed by atoms with E-state index in [2.05, 4.69) is 13.8 Å². The smallest absolute Gasteiger partial charge is 0.243 e. The van der Waals surface area contributed by atoms with Gasteiger partial charge in [-0.25, -0.2) is 8.42 Å². The monoisotopic (exact) mass is 282 g/mol. The van der Waals surface area contributed by atoms with E-state index in [-0.39, 0.29) is 6.04 Å². The van der Waals surface area contributed by atoms with Crippen LogP contribution in [0, 0.1) is 11.8 Å². The number of sulfonamides is 1. The van der Waals surface area contributed by atoms with E-state index < -0.39 is 10.0 Å². The highest BCUT2D eigenvalue weighted by Gasteiger charge is 2.37. The Hall–Kier alpha value is -1.07. The summed E-state index contributed by atoms with van der Waals surface area (Å²) in [6.45, 7) is 6.79. The predicted octanol–water partition coefficient (Wildman–Crippen LogP) is 2.32. The molecule has 2 N–H and O–H groups in total. The first kappa shape index (κ1) is 14.3. The van der Waals surface area contributed by atoms with Gasteiger partial charge >= 0.3 is 0 Å². The molecule has 1 aliphatic heterocycles. The molecule has 0 radical (unpaired) electrons. The van der Waals surface area contributed by atoms with Gasteiger partial charge in [-0.2, -0.15) is 4.31 Å². The summed E-state index contributed by atoms with van der Waals surface area (Å²) in [7, 11) is -3.45. The summed E-state index contributed by atoms with van der Waals surface area (Å²) in [5, 5.41) is 0. The standard InChI is InChI=1S/C14H22N2O2S/c1-10-7-11(2)12(3)16(9-10)19(17,18)14-6-4-5-13(15)8-14/h4-6,8,10-12H,7,9,15H2,1-3H3. The molecule has 3 unspecified atom stereocenters. The number of hydrogen-bond donors (Lipinski definition) is 1. The summed E-state index contributed by atoms with van der Waals surface area (Å²) in [6, 6.07) is 6.56. The van der Waals surface area contributed by atoms with Crippen LogP contribution in [0.3, 0.4) is 0 Å². The zero-order chi connectivity index (χ0) is 14.2. The number of benzene rings is 1. The highest BCUT2D eigenvalue weighted by atomic mass is 32.2. The van der Waals surface area contributed by atoms with Crippen molar-refractivity contribution < 1.29 is 8.42 Å². The van der Waals surface area contributed by atoms with Crippen LogP contribution in [-0.4, -0.2) is 25.3 Å². The lowest BCUT2D eigenvalue weighted by molar-refractivity contribution is 0.157. The van der Waals surface area contributed by atoms with Gasteiger partial charge in [-0.3, -0.25) is 0 Å². The molecular formula is C14H22N2O2S. The van der Waals surface area contributed by atoms with Crippen molar-refractivity contribution in [2.75, 3.05) is 12.3 Å². The van der Waals surface area contributed by atoms with Gasteiger partial charge in [-0.1, -0.05) is 19.9 Å². The van der Waals surface area contributed by atoms with Crippen LogP contribution in [-0.2, 0) is 10.0 Å². The van der Waals surface area contributed by atoms with Crippen LogP contribution in [0.4, 0.5) is 5.69 Å². The molecule has 106 valence electrons. The van der Waals surface area contributed by atoms with Gasteiger partial charge in [0, 0.05) is 18.3 Å². The Kier molecular flexibility index (Phi) is 3.87. The third-order valence-electron chi connectivity index (χ3n) is 4.01. The average Bonchev–Trinajstić information content (AvgIpc) is 2.33. The number of hydrogen-bond acceptors (Lipinski definition) is 3. The molecule has 2 rings (SSSR count). The molecule has 4 nitrogen and oxygen atoms in total. The zero-order valence-electron chi connectivity index (χ0n) is 11.7. The minimum Gasteiger partial charge on any atom is -0.399 e. The van der Waals surface area contributed by atoms with E-state index in [0.29, 0.717) is 29.0 Å². The van der Waals surface area contributed by atoms with Crippen LogP contribution in [0.1, 0.15) is 27.2 Å². The van der Waals surface area contributed by atoms with Crippen LogP contribution in [0.5, 0.6) is 0 Å². The fourth-order valence-electron chi connectivity index (χ4n) is 2.79. The van der Waals surface area contributed by atoms with Crippen LogP contribution in [0.25, 0.3) is 0 Å². The first-order chi connectivity index (χ1) is 8.82. The Morgan fingerprint density at radius 1 is 1.26 bits per heavy atom. The molecule has 1 aliphatic rings. The summed E-state index contributed by atoms with van der Waals surface area (Å²) < 4.78 is 27.0. The second-order valence-corrected chi connectivity index (χ2v) is 7.60. The lowest BCUT2D eigenvalue weighted by Gasteiger charge is -2.40. The molecule has 1 aromatic carbocycles. The van der Waals surface area contributed by atoms with Crippen molar-refractivity contribution in [3.8, 4) is 0 Å². The van der Waals surface area contributed by atoms with Crippen molar-refractivity contribution >= 4 is 15.7 Å². The molecule has 1 heterocycles. The van der Waals surface area contributed by atoms with Crippen molar-refractivity contribution in [3.05, 3.63) is 24.3 Å². The zero-order valence-corrected chi connectivity index (χ0v) is 12.5. The van der Waals surface area contributed by atoms with Gasteiger partial charge in [-0.05, 0) is 43.4 Å². The van der Waals surface area contributed by atoms with Gasteiger partial charge in [-0.15, -0.1) is 0 Å². The fraction of sp³-hybridized carbons (Fsp3) is 0.571. The average molecular weight is 282 g/mol. The third-order valence-corrected chi connectivity index (χ3v) is 5.96. The molecule has 0 aromatic heterocycles. The fourth-order valence-corrected chi connectivity index (χ4v) is 4.69. The van der Waals surface area contributed by atoms with E-state index in [9.17, 15) is 8.42 Å². The van der Waals surface area contributed by atoms with Gasteiger partial charge < -0.3 is 5.73 Å². The van der Waals surface area contributed by atoms with Gasteiger partial charge in [0.15, 0.2) is 0 Å². The van der Waals surface area contributed by atoms with Crippen LogP contribution in [0.2, 0.25) is 0 Å². The molecule has 0 saturated carbocycles. The van der Waals surface area contributed by atoms with Crippen LogP contribution < -0.4 is 5.73 Å². The molecule has 1 aromatic rings. The van der Waals surface area contributed by atoms with Crippen molar-refractivity contribution in [2.45, 2.75) is 38.1 Å². The first-order valence-corrected chi connectivity index (χ1v) is 8.13. The number of piperidine rings is 1. The maximum atomic E-state index is 12.7. The SMILES string of the molecule is CC1CC(C)C(C)N(S(=O)(=O)c2cccc(N)c2)C1. The van der Waals surface area contributed by atoms with Crippen molar-refractivity contribution in [1.82, 2.24) is 4.31 Å². The largest absolute Gasteiger partial charge is 0.399 e. The van der Waals surface area contributed by atoms with E-state index in [1.54, 1.807) is 22.5 Å². The Balaban J connectivity index is 2.38. The van der Waals surface area contributed by atoms with Gasteiger partial charge in [0.05, 0.1) is 4.90 Å². The summed E-state index contributed by atoms with van der Waals surface area (Å²) in [6.07, 6.45) is 1.07. The van der Waals surface area contributed by atoms with E-state index in [1.807, 2.05) is 6.92 Å². The quantitative estimate of drug-likeness (QED) is 0.847. The molecular weight excluding hydrogens is 260 g/mol. The molecule has 0 amide bonds.